The van der Waals surface area contributed by atoms with E-state index >= 15 is 0 Å². The molecule has 2 fully saturated rings. The van der Waals surface area contributed by atoms with Crippen molar-refractivity contribution in [2.24, 2.45) is 0 Å². The highest BCUT2D eigenvalue weighted by molar-refractivity contribution is 5.60. The van der Waals surface area contributed by atoms with Gasteiger partial charge in [0.15, 0.2) is 0 Å². The second-order valence-corrected chi connectivity index (χ2v) is 7.70. The Bertz CT molecular complexity index is 802. The molecule has 0 spiro atoms. The van der Waals surface area contributed by atoms with Gasteiger partial charge in [0.2, 0.25) is 0 Å². The van der Waals surface area contributed by atoms with Crippen molar-refractivity contribution in [2.45, 2.75) is 43.8 Å². The molecule has 0 N–H and O–H groups in total. The normalized spacial score (nSPS) is 22.3. The van der Waals surface area contributed by atoms with Crippen LogP contribution in [0.2, 0.25) is 0 Å². The summed E-state index contributed by atoms with van der Waals surface area (Å²) in [5, 5.41) is 0. The lowest BCUT2D eigenvalue weighted by atomic mass is 9.91. The van der Waals surface area contributed by atoms with Crippen molar-refractivity contribution in [1.82, 2.24) is 9.88 Å². The first kappa shape index (κ1) is 19.4. The Hall–Kier alpha value is -1.92. The minimum Gasteiger partial charge on any atom is -0.381 e. The molecule has 0 saturated carbocycles. The number of rotatable bonds is 3. The highest BCUT2D eigenvalue weighted by Gasteiger charge is 2.31. The summed E-state index contributed by atoms with van der Waals surface area (Å²) in [6.07, 6.45) is -0.00764. The Kier molecular flexibility index (Phi) is 5.69. The fourth-order valence-electron chi connectivity index (χ4n) is 4.32. The third kappa shape index (κ3) is 4.39. The van der Waals surface area contributed by atoms with Crippen LogP contribution in [0.25, 0.3) is 11.3 Å². The van der Waals surface area contributed by atoms with Crippen LogP contribution in [0.4, 0.5) is 13.2 Å². The summed E-state index contributed by atoms with van der Waals surface area (Å²) in [5.74, 6) is 0.322. The predicted octanol–water partition coefficient (Wildman–Crippen LogP) is 5.13. The molecular formula is C22H25F3N2O. The van der Waals surface area contributed by atoms with Gasteiger partial charge in [-0.2, -0.15) is 13.2 Å². The number of pyridine rings is 1. The Morgan fingerprint density at radius 1 is 1.00 bits per heavy atom. The van der Waals surface area contributed by atoms with Crippen molar-refractivity contribution < 1.29 is 17.9 Å². The summed E-state index contributed by atoms with van der Waals surface area (Å²) >= 11 is 0. The van der Waals surface area contributed by atoms with Gasteiger partial charge in [0.25, 0.3) is 0 Å². The van der Waals surface area contributed by atoms with Crippen LogP contribution in [0, 0.1) is 0 Å². The van der Waals surface area contributed by atoms with Crippen LogP contribution < -0.4 is 0 Å². The van der Waals surface area contributed by atoms with Crippen molar-refractivity contribution >= 4 is 0 Å². The maximum Gasteiger partial charge on any atom is 0.416 e. The van der Waals surface area contributed by atoms with Gasteiger partial charge in [0, 0.05) is 43.0 Å². The maximum atomic E-state index is 13.0. The molecule has 2 aliphatic heterocycles. The van der Waals surface area contributed by atoms with E-state index in [4.69, 9.17) is 9.72 Å². The summed E-state index contributed by atoms with van der Waals surface area (Å²) in [7, 11) is 0. The summed E-state index contributed by atoms with van der Waals surface area (Å²) in [5.41, 5.74) is 1.45. The lowest BCUT2D eigenvalue weighted by molar-refractivity contribution is -0.137. The van der Waals surface area contributed by atoms with E-state index in [-0.39, 0.29) is 0 Å². The quantitative estimate of drug-likeness (QED) is 0.727. The first-order valence-electron chi connectivity index (χ1n) is 9.97. The van der Waals surface area contributed by atoms with Crippen LogP contribution in [0.15, 0.2) is 42.5 Å². The Balaban J connectivity index is 1.53. The molecule has 0 amide bonds. The Morgan fingerprint density at radius 3 is 2.57 bits per heavy atom. The lowest BCUT2D eigenvalue weighted by Gasteiger charge is -2.39. The van der Waals surface area contributed by atoms with Crippen LogP contribution in [-0.4, -0.2) is 42.2 Å². The van der Waals surface area contributed by atoms with Gasteiger partial charge in [-0.05, 0) is 56.5 Å². The van der Waals surface area contributed by atoms with Crippen molar-refractivity contribution in [3.05, 3.63) is 53.7 Å². The van der Waals surface area contributed by atoms with Gasteiger partial charge in [-0.25, -0.2) is 0 Å². The van der Waals surface area contributed by atoms with E-state index in [1.807, 2.05) is 12.1 Å². The molecule has 0 aliphatic carbocycles. The molecule has 0 unspecified atom stereocenters. The summed E-state index contributed by atoms with van der Waals surface area (Å²) in [4.78, 5) is 7.30. The molecule has 0 bridgehead atoms. The number of ether oxygens (including phenoxy) is 1. The number of benzene rings is 1. The van der Waals surface area contributed by atoms with Gasteiger partial charge in [-0.1, -0.05) is 18.2 Å². The number of nitrogens with zero attached hydrogens (tertiary/aromatic N) is 2. The predicted molar refractivity (Wildman–Crippen MR) is 102 cm³/mol. The average Bonchev–Trinajstić information content (AvgIpc) is 2.74. The fourth-order valence-corrected chi connectivity index (χ4v) is 4.32. The average molecular weight is 390 g/mol. The fraction of sp³-hybridized carbons (Fsp3) is 0.500. The van der Waals surface area contributed by atoms with Crippen LogP contribution in [0.5, 0.6) is 0 Å². The Labute approximate surface area is 163 Å². The topological polar surface area (TPSA) is 25.4 Å². The minimum atomic E-state index is -4.35. The van der Waals surface area contributed by atoms with E-state index in [9.17, 15) is 13.2 Å². The zero-order valence-corrected chi connectivity index (χ0v) is 15.8. The van der Waals surface area contributed by atoms with Gasteiger partial charge in [0.05, 0.1) is 11.3 Å². The molecule has 1 aromatic heterocycles. The first-order chi connectivity index (χ1) is 13.5. The van der Waals surface area contributed by atoms with Gasteiger partial charge < -0.3 is 4.74 Å². The number of halogens is 3. The zero-order valence-electron chi connectivity index (χ0n) is 15.8. The first-order valence-corrected chi connectivity index (χ1v) is 9.97. The van der Waals surface area contributed by atoms with Gasteiger partial charge in [0.1, 0.15) is 0 Å². The second-order valence-electron chi connectivity index (χ2n) is 7.70. The molecular weight excluding hydrogens is 365 g/mol. The molecule has 2 aliphatic rings. The number of aromatic nitrogens is 1. The zero-order chi connectivity index (χ0) is 19.6. The van der Waals surface area contributed by atoms with Crippen molar-refractivity contribution in [3.63, 3.8) is 0 Å². The molecule has 0 radical (unpaired) electrons. The largest absolute Gasteiger partial charge is 0.416 e. The lowest BCUT2D eigenvalue weighted by Crippen LogP contribution is -2.44. The summed E-state index contributed by atoms with van der Waals surface area (Å²) in [6, 6.07) is 11.7. The maximum absolute atomic E-state index is 13.0. The van der Waals surface area contributed by atoms with E-state index in [2.05, 4.69) is 4.90 Å². The van der Waals surface area contributed by atoms with Gasteiger partial charge in [-0.15, -0.1) is 0 Å². The van der Waals surface area contributed by atoms with Gasteiger partial charge in [-0.3, -0.25) is 9.88 Å². The highest BCUT2D eigenvalue weighted by atomic mass is 19.4. The number of alkyl halides is 3. The molecule has 2 aromatic rings. The Morgan fingerprint density at radius 2 is 1.79 bits per heavy atom. The summed E-state index contributed by atoms with van der Waals surface area (Å²) < 4.78 is 44.6. The molecule has 2 saturated heterocycles. The van der Waals surface area contributed by atoms with E-state index < -0.39 is 11.7 Å². The molecule has 28 heavy (non-hydrogen) atoms. The van der Waals surface area contributed by atoms with Crippen molar-refractivity contribution in [1.29, 1.82) is 0 Å². The van der Waals surface area contributed by atoms with E-state index in [0.29, 0.717) is 23.2 Å². The third-order valence-corrected chi connectivity index (χ3v) is 5.83. The molecule has 1 aromatic carbocycles. The molecule has 3 heterocycles. The SMILES string of the molecule is FC(F)(F)c1cccc(-c2cccc([C@@H]3CCCN(C4CCOCC4)C3)n2)c1. The van der Waals surface area contributed by atoms with E-state index in [1.54, 1.807) is 12.1 Å². The van der Waals surface area contributed by atoms with Gasteiger partial charge >= 0.3 is 6.18 Å². The minimum absolute atomic E-state index is 0.322. The summed E-state index contributed by atoms with van der Waals surface area (Å²) in [6.45, 7) is 3.72. The molecule has 6 heteroatoms. The van der Waals surface area contributed by atoms with Crippen LogP contribution in [0.3, 0.4) is 0 Å². The molecule has 3 nitrogen and oxygen atoms in total. The molecule has 1 atom stereocenters. The number of hydrogen-bond acceptors (Lipinski definition) is 3. The number of likely N-dealkylation sites (tertiary alicyclic amines) is 1. The van der Waals surface area contributed by atoms with E-state index in [1.165, 1.54) is 12.1 Å². The number of hydrogen-bond donors (Lipinski definition) is 0. The highest BCUT2D eigenvalue weighted by Crippen LogP contribution is 2.33. The molecule has 4 rings (SSSR count). The number of piperidine rings is 1. The van der Waals surface area contributed by atoms with Crippen molar-refractivity contribution in [3.8, 4) is 11.3 Å². The van der Waals surface area contributed by atoms with Crippen molar-refractivity contribution in [2.75, 3.05) is 26.3 Å². The van der Waals surface area contributed by atoms with Crippen LogP contribution in [0.1, 0.15) is 42.9 Å². The second kappa shape index (κ2) is 8.21. The smallest absolute Gasteiger partial charge is 0.381 e. The van der Waals surface area contributed by atoms with Crippen LogP contribution in [-0.2, 0) is 10.9 Å². The monoisotopic (exact) mass is 390 g/mol. The van der Waals surface area contributed by atoms with E-state index in [0.717, 1.165) is 63.7 Å². The standard InChI is InChI=1S/C22H25F3N2O/c23-22(24,25)18-6-1-4-16(14-18)20-7-2-8-21(26-20)17-5-3-11-27(15-17)19-9-12-28-13-10-19/h1-2,4,6-8,14,17,19H,3,5,9-13,15H2/t17-/m1/s1. The molecule has 150 valence electrons. The van der Waals surface area contributed by atoms with Crippen LogP contribution >= 0.6 is 0 Å². The third-order valence-electron chi connectivity index (χ3n) is 5.83.